The minimum absolute atomic E-state index is 0.0643. The van der Waals surface area contributed by atoms with Crippen molar-refractivity contribution in [1.82, 2.24) is 15.5 Å². The fraction of sp³-hybridized carbons (Fsp3) is 0.533. The molecule has 1 saturated carbocycles. The van der Waals surface area contributed by atoms with Crippen LogP contribution in [0.2, 0.25) is 0 Å². The Morgan fingerprint density at radius 1 is 1.35 bits per heavy atom. The summed E-state index contributed by atoms with van der Waals surface area (Å²) < 4.78 is 0. The third-order valence-corrected chi connectivity index (χ3v) is 4.94. The largest absolute Gasteiger partial charge is 0.393 e. The van der Waals surface area contributed by atoms with Crippen molar-refractivity contribution in [2.24, 2.45) is 5.92 Å². The number of hydrogen-bond donors (Lipinski definition) is 3. The number of H-pyrrole nitrogens is 1. The zero-order chi connectivity index (χ0) is 13.8. The van der Waals surface area contributed by atoms with E-state index >= 15 is 0 Å². The molecule has 1 fully saturated rings. The van der Waals surface area contributed by atoms with Crippen molar-refractivity contribution in [3.05, 3.63) is 29.3 Å². The first kappa shape index (κ1) is 13.8. The molecule has 0 aromatic carbocycles. The van der Waals surface area contributed by atoms with Crippen LogP contribution >= 0.6 is 11.3 Å². The number of aliphatic hydroxyl groups is 1. The molecular formula is C15H21N3OS. The molecule has 20 heavy (non-hydrogen) atoms. The van der Waals surface area contributed by atoms with Crippen LogP contribution in [0.15, 0.2) is 23.7 Å². The number of thiophene rings is 1. The smallest absolute Gasteiger partial charge is 0.0794 e. The molecule has 5 heteroatoms. The SMILES string of the molecule is OC1CCC(CNCc2cn[nH]c2-c2cccs2)CC1. The lowest BCUT2D eigenvalue weighted by atomic mass is 9.87. The number of nitrogens with zero attached hydrogens (tertiary/aromatic N) is 1. The molecule has 108 valence electrons. The fourth-order valence-electron chi connectivity index (χ4n) is 2.84. The van der Waals surface area contributed by atoms with Crippen molar-refractivity contribution in [1.29, 1.82) is 0 Å². The second-order valence-corrected chi connectivity index (χ2v) is 6.50. The standard InChI is InChI=1S/C15H21N3OS/c19-13-5-3-11(4-6-13)8-16-9-12-10-17-18-15(12)14-2-1-7-20-14/h1-2,7,10-11,13,16,19H,3-6,8-9H2,(H,17,18). The van der Waals surface area contributed by atoms with Crippen molar-refractivity contribution >= 4 is 11.3 Å². The van der Waals surface area contributed by atoms with E-state index in [4.69, 9.17) is 0 Å². The molecule has 1 aliphatic carbocycles. The Bertz CT molecular complexity index is 515. The second kappa shape index (κ2) is 6.52. The molecule has 0 unspecified atom stereocenters. The van der Waals surface area contributed by atoms with Gasteiger partial charge >= 0.3 is 0 Å². The van der Waals surface area contributed by atoms with Gasteiger partial charge < -0.3 is 10.4 Å². The van der Waals surface area contributed by atoms with Crippen LogP contribution in [-0.2, 0) is 6.54 Å². The van der Waals surface area contributed by atoms with E-state index in [0.29, 0.717) is 5.92 Å². The van der Waals surface area contributed by atoms with Gasteiger partial charge in [0.15, 0.2) is 0 Å². The van der Waals surface area contributed by atoms with Crippen molar-refractivity contribution in [2.75, 3.05) is 6.54 Å². The van der Waals surface area contributed by atoms with Gasteiger partial charge in [-0.25, -0.2) is 0 Å². The highest BCUT2D eigenvalue weighted by molar-refractivity contribution is 7.13. The lowest BCUT2D eigenvalue weighted by molar-refractivity contribution is 0.108. The minimum Gasteiger partial charge on any atom is -0.393 e. The maximum atomic E-state index is 9.51. The molecule has 0 spiro atoms. The summed E-state index contributed by atoms with van der Waals surface area (Å²) in [5.74, 6) is 0.704. The Balaban J connectivity index is 1.51. The van der Waals surface area contributed by atoms with Crippen molar-refractivity contribution in [3.63, 3.8) is 0 Å². The van der Waals surface area contributed by atoms with Crippen LogP contribution in [0, 0.1) is 5.92 Å². The van der Waals surface area contributed by atoms with Crippen molar-refractivity contribution in [3.8, 4) is 10.6 Å². The molecule has 2 heterocycles. The minimum atomic E-state index is -0.0643. The first-order valence-electron chi connectivity index (χ1n) is 7.28. The Morgan fingerprint density at radius 3 is 2.95 bits per heavy atom. The summed E-state index contributed by atoms with van der Waals surface area (Å²) in [5, 5.41) is 22.4. The maximum Gasteiger partial charge on any atom is 0.0794 e. The summed E-state index contributed by atoms with van der Waals surface area (Å²) in [6, 6.07) is 4.18. The van der Waals surface area contributed by atoms with Crippen molar-refractivity contribution < 1.29 is 5.11 Å². The van der Waals surface area contributed by atoms with Gasteiger partial charge in [0.1, 0.15) is 0 Å². The van der Waals surface area contributed by atoms with Gasteiger partial charge in [0.25, 0.3) is 0 Å². The highest BCUT2D eigenvalue weighted by Gasteiger charge is 2.19. The molecule has 3 rings (SSSR count). The van der Waals surface area contributed by atoms with Gasteiger partial charge in [0.2, 0.25) is 0 Å². The van der Waals surface area contributed by atoms with Gasteiger partial charge in [-0.2, -0.15) is 5.10 Å². The van der Waals surface area contributed by atoms with E-state index in [2.05, 4.69) is 33.0 Å². The van der Waals surface area contributed by atoms with Crippen molar-refractivity contribution in [2.45, 2.75) is 38.3 Å². The molecule has 4 nitrogen and oxygen atoms in total. The molecule has 3 N–H and O–H groups in total. The van der Waals surface area contributed by atoms with Crippen LogP contribution in [-0.4, -0.2) is 28.0 Å². The second-order valence-electron chi connectivity index (χ2n) is 5.55. The Kier molecular flexibility index (Phi) is 4.50. The number of rotatable bonds is 5. The number of nitrogens with one attached hydrogen (secondary N) is 2. The topological polar surface area (TPSA) is 60.9 Å². The van der Waals surface area contributed by atoms with E-state index in [0.717, 1.165) is 44.5 Å². The first-order valence-corrected chi connectivity index (χ1v) is 8.16. The van der Waals surface area contributed by atoms with Crippen LogP contribution in [0.4, 0.5) is 0 Å². The third-order valence-electron chi connectivity index (χ3n) is 4.05. The Labute approximate surface area is 123 Å². The normalized spacial score (nSPS) is 23.1. The Hall–Kier alpha value is -1.17. The molecule has 0 bridgehead atoms. The lowest BCUT2D eigenvalue weighted by Gasteiger charge is -2.25. The van der Waals surface area contributed by atoms with Gasteiger partial charge in [-0.15, -0.1) is 11.3 Å². The van der Waals surface area contributed by atoms with Gasteiger partial charge in [-0.05, 0) is 49.6 Å². The quantitative estimate of drug-likeness (QED) is 0.794. The third kappa shape index (κ3) is 3.29. The average molecular weight is 291 g/mol. The van der Waals surface area contributed by atoms with E-state index in [1.165, 1.54) is 10.4 Å². The van der Waals surface area contributed by atoms with E-state index < -0.39 is 0 Å². The maximum absolute atomic E-state index is 9.51. The molecule has 1 aliphatic rings. The molecule has 0 radical (unpaired) electrons. The van der Waals surface area contributed by atoms with Crippen LogP contribution in [0.5, 0.6) is 0 Å². The number of aliphatic hydroxyl groups excluding tert-OH is 1. The number of aromatic amines is 1. The van der Waals surface area contributed by atoms with Gasteiger partial charge in [0, 0.05) is 12.1 Å². The Morgan fingerprint density at radius 2 is 2.20 bits per heavy atom. The van der Waals surface area contributed by atoms with E-state index in [1.54, 1.807) is 11.3 Å². The van der Waals surface area contributed by atoms with E-state index in [1.807, 2.05) is 6.20 Å². The monoisotopic (exact) mass is 291 g/mol. The molecule has 0 saturated heterocycles. The summed E-state index contributed by atoms with van der Waals surface area (Å²) in [5.41, 5.74) is 2.36. The van der Waals surface area contributed by atoms with Crippen LogP contribution in [0.25, 0.3) is 10.6 Å². The predicted molar refractivity (Wildman–Crippen MR) is 81.6 cm³/mol. The van der Waals surface area contributed by atoms with Crippen LogP contribution in [0.1, 0.15) is 31.2 Å². The van der Waals surface area contributed by atoms with Gasteiger partial charge in [-0.3, -0.25) is 5.10 Å². The zero-order valence-corrected chi connectivity index (χ0v) is 12.3. The predicted octanol–water partition coefficient (Wildman–Crippen LogP) is 2.78. The first-order chi connectivity index (χ1) is 9.83. The highest BCUT2D eigenvalue weighted by Crippen LogP contribution is 2.26. The zero-order valence-electron chi connectivity index (χ0n) is 11.5. The fourth-order valence-corrected chi connectivity index (χ4v) is 3.59. The molecular weight excluding hydrogens is 270 g/mol. The average Bonchev–Trinajstić information content (AvgIpc) is 3.11. The summed E-state index contributed by atoms with van der Waals surface area (Å²) >= 11 is 1.73. The molecule has 0 amide bonds. The molecule has 2 aromatic heterocycles. The molecule has 0 atom stereocenters. The van der Waals surface area contributed by atoms with E-state index in [-0.39, 0.29) is 6.10 Å². The lowest BCUT2D eigenvalue weighted by Crippen LogP contribution is -2.27. The number of aromatic nitrogens is 2. The van der Waals surface area contributed by atoms with Crippen LogP contribution < -0.4 is 5.32 Å². The van der Waals surface area contributed by atoms with Crippen LogP contribution in [0.3, 0.4) is 0 Å². The van der Waals surface area contributed by atoms with Gasteiger partial charge in [0.05, 0.1) is 22.9 Å². The summed E-state index contributed by atoms with van der Waals surface area (Å²) in [4.78, 5) is 1.24. The van der Waals surface area contributed by atoms with Gasteiger partial charge in [-0.1, -0.05) is 6.07 Å². The molecule has 2 aromatic rings. The number of hydrogen-bond acceptors (Lipinski definition) is 4. The van der Waals surface area contributed by atoms with E-state index in [9.17, 15) is 5.11 Å². The highest BCUT2D eigenvalue weighted by atomic mass is 32.1. The summed E-state index contributed by atoms with van der Waals surface area (Å²) in [7, 11) is 0. The summed E-state index contributed by atoms with van der Waals surface area (Å²) in [6.07, 6.45) is 6.03. The molecule has 0 aliphatic heterocycles. The summed E-state index contributed by atoms with van der Waals surface area (Å²) in [6.45, 7) is 1.88.